The third-order valence-electron chi connectivity index (χ3n) is 4.98. The highest BCUT2D eigenvalue weighted by atomic mass is 32.2. The number of hydrogen-bond donors (Lipinski definition) is 1. The van der Waals surface area contributed by atoms with E-state index in [2.05, 4.69) is 24.1 Å². The Kier molecular flexibility index (Phi) is 6.46. The van der Waals surface area contributed by atoms with Crippen molar-refractivity contribution in [2.75, 3.05) is 19.6 Å². The standard InChI is InChI=1S/C21H27N3O3S/c1-16-13-17(2)15-24(14-16)28(26,27)20-8-6-18(7-9-20)21(25)23-12-10-19-5-3-4-11-22-19/h3-9,11,16-17H,10,12-15H2,1-2H3,(H,23,25). The fraction of sp³-hybridized carbons (Fsp3) is 0.429. The van der Waals surface area contributed by atoms with E-state index in [1.54, 1.807) is 22.6 Å². The van der Waals surface area contributed by atoms with E-state index in [0.717, 1.165) is 12.1 Å². The lowest BCUT2D eigenvalue weighted by atomic mass is 9.94. The summed E-state index contributed by atoms with van der Waals surface area (Å²) in [7, 11) is -3.53. The first-order valence-electron chi connectivity index (χ1n) is 9.64. The van der Waals surface area contributed by atoms with Crippen LogP contribution in [0.15, 0.2) is 53.6 Å². The van der Waals surface area contributed by atoms with Crippen LogP contribution >= 0.6 is 0 Å². The highest BCUT2D eigenvalue weighted by molar-refractivity contribution is 7.89. The zero-order valence-corrected chi connectivity index (χ0v) is 17.2. The molecule has 150 valence electrons. The molecule has 0 aliphatic carbocycles. The van der Waals surface area contributed by atoms with E-state index in [1.165, 1.54) is 12.1 Å². The maximum Gasteiger partial charge on any atom is 0.251 e. The number of benzene rings is 1. The molecule has 1 aromatic carbocycles. The van der Waals surface area contributed by atoms with Crippen LogP contribution in [0.2, 0.25) is 0 Å². The van der Waals surface area contributed by atoms with Crippen LogP contribution < -0.4 is 5.32 Å². The lowest BCUT2D eigenvalue weighted by Crippen LogP contribution is -2.42. The minimum Gasteiger partial charge on any atom is -0.352 e. The molecule has 0 bridgehead atoms. The summed E-state index contributed by atoms with van der Waals surface area (Å²) < 4.78 is 27.4. The third-order valence-corrected chi connectivity index (χ3v) is 6.83. The van der Waals surface area contributed by atoms with E-state index in [4.69, 9.17) is 0 Å². The second-order valence-corrected chi connectivity index (χ2v) is 9.56. The van der Waals surface area contributed by atoms with Gasteiger partial charge in [0.2, 0.25) is 10.0 Å². The Labute approximate surface area is 167 Å². The summed E-state index contributed by atoms with van der Waals surface area (Å²) in [4.78, 5) is 16.7. The van der Waals surface area contributed by atoms with Crippen LogP contribution in [0.25, 0.3) is 0 Å². The number of pyridine rings is 1. The summed E-state index contributed by atoms with van der Waals surface area (Å²) in [5, 5.41) is 2.84. The first-order valence-corrected chi connectivity index (χ1v) is 11.1. The van der Waals surface area contributed by atoms with E-state index in [-0.39, 0.29) is 10.8 Å². The number of carbonyl (C=O) groups is 1. The summed E-state index contributed by atoms with van der Waals surface area (Å²) in [5.74, 6) is 0.477. The number of carbonyl (C=O) groups excluding carboxylic acids is 1. The number of nitrogens with one attached hydrogen (secondary N) is 1. The van der Waals surface area contributed by atoms with Gasteiger partial charge in [-0.3, -0.25) is 9.78 Å². The number of rotatable bonds is 6. The Hall–Kier alpha value is -2.25. The van der Waals surface area contributed by atoms with Crippen molar-refractivity contribution < 1.29 is 13.2 Å². The number of nitrogens with zero attached hydrogens (tertiary/aromatic N) is 2. The molecule has 1 saturated heterocycles. The van der Waals surface area contributed by atoms with Crippen LogP contribution in [-0.2, 0) is 16.4 Å². The van der Waals surface area contributed by atoms with Crippen LogP contribution in [-0.4, -0.2) is 43.2 Å². The van der Waals surface area contributed by atoms with E-state index >= 15 is 0 Å². The molecule has 2 atom stereocenters. The number of aromatic nitrogens is 1. The number of piperidine rings is 1. The number of sulfonamides is 1. The van der Waals surface area contributed by atoms with Crippen molar-refractivity contribution in [3.63, 3.8) is 0 Å². The van der Waals surface area contributed by atoms with Crippen molar-refractivity contribution in [2.45, 2.75) is 31.6 Å². The maximum absolute atomic E-state index is 12.9. The smallest absolute Gasteiger partial charge is 0.251 e. The Morgan fingerprint density at radius 3 is 2.39 bits per heavy atom. The van der Waals surface area contributed by atoms with Gasteiger partial charge in [-0.15, -0.1) is 0 Å². The molecule has 2 aromatic rings. The van der Waals surface area contributed by atoms with Crippen LogP contribution in [0.1, 0.15) is 36.3 Å². The molecule has 1 amide bonds. The average molecular weight is 402 g/mol. The Morgan fingerprint density at radius 2 is 1.79 bits per heavy atom. The molecule has 0 saturated carbocycles. The summed E-state index contributed by atoms with van der Waals surface area (Å²) >= 11 is 0. The predicted molar refractivity (Wildman–Crippen MR) is 108 cm³/mol. The van der Waals surface area contributed by atoms with Crippen LogP contribution in [0.3, 0.4) is 0 Å². The summed E-state index contributed by atoms with van der Waals surface area (Å²) in [5.41, 5.74) is 1.36. The monoisotopic (exact) mass is 401 g/mol. The quantitative estimate of drug-likeness (QED) is 0.807. The second-order valence-electron chi connectivity index (χ2n) is 7.62. The maximum atomic E-state index is 12.9. The van der Waals surface area contributed by atoms with Gasteiger partial charge in [-0.2, -0.15) is 4.31 Å². The van der Waals surface area contributed by atoms with E-state index < -0.39 is 10.0 Å². The molecule has 3 rings (SSSR count). The third kappa shape index (κ3) is 4.97. The van der Waals surface area contributed by atoms with Crippen LogP contribution in [0.4, 0.5) is 0 Å². The van der Waals surface area contributed by atoms with Crippen molar-refractivity contribution in [1.29, 1.82) is 0 Å². The van der Waals surface area contributed by atoms with Crippen molar-refractivity contribution in [1.82, 2.24) is 14.6 Å². The molecule has 0 spiro atoms. The fourth-order valence-corrected chi connectivity index (χ4v) is 5.36. The van der Waals surface area contributed by atoms with E-state index in [1.807, 2.05) is 18.2 Å². The van der Waals surface area contributed by atoms with Gasteiger partial charge in [-0.05, 0) is 54.7 Å². The normalized spacial score (nSPS) is 20.6. The lowest BCUT2D eigenvalue weighted by Gasteiger charge is -2.34. The molecule has 1 fully saturated rings. The summed E-state index contributed by atoms with van der Waals surface area (Å²) in [6.07, 6.45) is 3.41. The first-order chi connectivity index (χ1) is 13.4. The zero-order chi connectivity index (χ0) is 20.1. The van der Waals surface area contributed by atoms with Crippen molar-refractivity contribution in [2.24, 2.45) is 11.8 Å². The van der Waals surface area contributed by atoms with Gasteiger partial charge in [0, 0.05) is 43.5 Å². The number of amides is 1. The molecule has 1 aromatic heterocycles. The molecule has 1 aliphatic rings. The minimum atomic E-state index is -3.53. The highest BCUT2D eigenvalue weighted by Crippen LogP contribution is 2.26. The molecule has 7 heteroatoms. The molecule has 0 radical (unpaired) electrons. The topological polar surface area (TPSA) is 79.4 Å². The lowest BCUT2D eigenvalue weighted by molar-refractivity contribution is 0.0954. The molecule has 1 aliphatic heterocycles. The van der Waals surface area contributed by atoms with Gasteiger partial charge in [0.1, 0.15) is 0 Å². The summed E-state index contributed by atoms with van der Waals surface area (Å²) in [6, 6.07) is 11.9. The largest absolute Gasteiger partial charge is 0.352 e. The van der Waals surface area contributed by atoms with Gasteiger partial charge in [0.05, 0.1) is 4.90 Å². The van der Waals surface area contributed by atoms with Gasteiger partial charge in [0.25, 0.3) is 5.91 Å². The average Bonchev–Trinajstić information content (AvgIpc) is 2.68. The van der Waals surface area contributed by atoms with Crippen LogP contribution in [0.5, 0.6) is 0 Å². The molecule has 28 heavy (non-hydrogen) atoms. The predicted octanol–water partition coefficient (Wildman–Crippen LogP) is 2.72. The van der Waals surface area contributed by atoms with Gasteiger partial charge in [-0.25, -0.2) is 8.42 Å². The van der Waals surface area contributed by atoms with Gasteiger partial charge in [0.15, 0.2) is 0 Å². The van der Waals surface area contributed by atoms with Gasteiger partial charge >= 0.3 is 0 Å². The summed E-state index contributed by atoms with van der Waals surface area (Å²) in [6.45, 7) is 5.72. The molecule has 1 N–H and O–H groups in total. The zero-order valence-electron chi connectivity index (χ0n) is 16.3. The van der Waals surface area contributed by atoms with Gasteiger partial charge < -0.3 is 5.32 Å². The Bertz CT molecular complexity index is 888. The van der Waals surface area contributed by atoms with Crippen molar-refractivity contribution in [3.05, 3.63) is 59.9 Å². The fourth-order valence-electron chi connectivity index (χ4n) is 3.68. The number of hydrogen-bond acceptors (Lipinski definition) is 4. The van der Waals surface area contributed by atoms with E-state index in [0.29, 0.717) is 43.5 Å². The minimum absolute atomic E-state index is 0.222. The molecule has 2 unspecified atom stereocenters. The highest BCUT2D eigenvalue weighted by Gasteiger charge is 2.31. The van der Waals surface area contributed by atoms with Crippen molar-refractivity contribution >= 4 is 15.9 Å². The van der Waals surface area contributed by atoms with Crippen molar-refractivity contribution in [3.8, 4) is 0 Å². The second kappa shape index (κ2) is 8.84. The Morgan fingerprint density at radius 1 is 1.11 bits per heavy atom. The molecule has 2 heterocycles. The van der Waals surface area contributed by atoms with Gasteiger partial charge in [-0.1, -0.05) is 19.9 Å². The molecular weight excluding hydrogens is 374 g/mol. The Balaban J connectivity index is 1.61. The first kappa shape index (κ1) is 20.5. The molecule has 6 nitrogen and oxygen atoms in total. The SMILES string of the molecule is CC1CC(C)CN(S(=O)(=O)c2ccc(C(=O)NCCc3ccccn3)cc2)C1. The van der Waals surface area contributed by atoms with Crippen LogP contribution in [0, 0.1) is 11.8 Å². The van der Waals surface area contributed by atoms with E-state index in [9.17, 15) is 13.2 Å². The molecular formula is C21H27N3O3S.